The Bertz CT molecular complexity index is 655. The van der Waals surface area contributed by atoms with Crippen LogP contribution in [0.15, 0.2) is 46.9 Å². The summed E-state index contributed by atoms with van der Waals surface area (Å²) in [4.78, 5) is 11.9. The Morgan fingerprint density at radius 1 is 1.25 bits per heavy atom. The van der Waals surface area contributed by atoms with E-state index in [-0.39, 0.29) is 6.61 Å². The Morgan fingerprint density at radius 2 is 1.95 bits per heavy atom. The molecule has 0 aromatic heterocycles. The molecule has 0 saturated carbocycles. The highest BCUT2D eigenvalue weighted by atomic mass is 79.9. The average molecular weight is 331 g/mol. The highest BCUT2D eigenvalue weighted by Crippen LogP contribution is 2.18. The molecule has 0 atom stereocenters. The molecule has 2 aromatic carbocycles. The lowest BCUT2D eigenvalue weighted by Crippen LogP contribution is -2.06. The van der Waals surface area contributed by atoms with E-state index in [1.807, 2.05) is 6.07 Å². The molecule has 20 heavy (non-hydrogen) atoms. The number of hydrogen-bond acceptors (Lipinski definition) is 4. The maximum atomic E-state index is 11.9. The van der Waals surface area contributed by atoms with Gasteiger partial charge in [-0.2, -0.15) is 5.26 Å². The van der Waals surface area contributed by atoms with Gasteiger partial charge in [-0.25, -0.2) is 4.79 Å². The smallest absolute Gasteiger partial charge is 0.338 e. The first-order valence-corrected chi connectivity index (χ1v) is 6.60. The first-order chi connectivity index (χ1) is 9.58. The van der Waals surface area contributed by atoms with Crippen LogP contribution in [-0.4, -0.2) is 5.97 Å². The Labute approximate surface area is 124 Å². The van der Waals surface area contributed by atoms with Crippen molar-refractivity contribution >= 4 is 27.6 Å². The number of nitrogen functional groups attached to an aromatic ring is 1. The molecule has 0 unspecified atom stereocenters. The van der Waals surface area contributed by atoms with Gasteiger partial charge in [-0.15, -0.1) is 0 Å². The van der Waals surface area contributed by atoms with Crippen LogP contribution in [0.2, 0.25) is 0 Å². The van der Waals surface area contributed by atoms with Gasteiger partial charge in [0.2, 0.25) is 0 Å². The molecule has 100 valence electrons. The van der Waals surface area contributed by atoms with Crippen LogP contribution < -0.4 is 5.73 Å². The summed E-state index contributed by atoms with van der Waals surface area (Å²) >= 11 is 3.27. The van der Waals surface area contributed by atoms with Crippen LogP contribution in [0.1, 0.15) is 21.5 Å². The Morgan fingerprint density at radius 3 is 2.55 bits per heavy atom. The summed E-state index contributed by atoms with van der Waals surface area (Å²) in [5.41, 5.74) is 7.94. The van der Waals surface area contributed by atoms with Gasteiger partial charge in [0.25, 0.3) is 0 Å². The molecule has 0 aliphatic carbocycles. The van der Waals surface area contributed by atoms with Crippen molar-refractivity contribution in [3.8, 4) is 6.07 Å². The Hall–Kier alpha value is -2.32. The number of carbonyl (C=O) groups excluding carboxylic acids is 1. The van der Waals surface area contributed by atoms with Gasteiger partial charge < -0.3 is 10.5 Å². The molecule has 2 N–H and O–H groups in total. The molecule has 0 bridgehead atoms. The number of ether oxygens (including phenoxy) is 1. The Kier molecular flexibility index (Phi) is 4.38. The molecule has 0 spiro atoms. The van der Waals surface area contributed by atoms with Gasteiger partial charge >= 0.3 is 5.97 Å². The van der Waals surface area contributed by atoms with Gasteiger partial charge in [0.15, 0.2) is 0 Å². The monoisotopic (exact) mass is 330 g/mol. The summed E-state index contributed by atoms with van der Waals surface area (Å²) in [6.07, 6.45) is 0. The first kappa shape index (κ1) is 14.1. The summed E-state index contributed by atoms with van der Waals surface area (Å²) in [6, 6.07) is 13.8. The third-order valence-corrected chi connectivity index (χ3v) is 3.07. The van der Waals surface area contributed by atoms with Crippen LogP contribution >= 0.6 is 15.9 Å². The molecule has 0 heterocycles. The number of esters is 1. The van der Waals surface area contributed by atoms with E-state index in [1.165, 1.54) is 0 Å². The van der Waals surface area contributed by atoms with Gasteiger partial charge in [-0.1, -0.05) is 28.1 Å². The minimum Gasteiger partial charge on any atom is -0.457 e. The fourth-order valence-electron chi connectivity index (χ4n) is 1.64. The number of rotatable bonds is 3. The van der Waals surface area contributed by atoms with Gasteiger partial charge in [-0.05, 0) is 35.9 Å². The maximum absolute atomic E-state index is 11.9. The van der Waals surface area contributed by atoms with Crippen LogP contribution in [0.5, 0.6) is 0 Å². The van der Waals surface area contributed by atoms with E-state index < -0.39 is 5.97 Å². The van der Waals surface area contributed by atoms with Crippen LogP contribution in [0.25, 0.3) is 0 Å². The number of nitriles is 1. The molecule has 0 amide bonds. The fraction of sp³-hybridized carbons (Fsp3) is 0.0667. The largest absolute Gasteiger partial charge is 0.457 e. The number of anilines is 1. The lowest BCUT2D eigenvalue weighted by Gasteiger charge is -2.06. The number of hydrogen-bond donors (Lipinski definition) is 1. The zero-order chi connectivity index (χ0) is 14.5. The van der Waals surface area contributed by atoms with Crippen molar-refractivity contribution in [3.63, 3.8) is 0 Å². The SMILES string of the molecule is N#Cc1ccc(COC(=O)c2cc(N)cc(Br)c2)cc1. The molecule has 2 rings (SSSR count). The van der Waals surface area contributed by atoms with Crippen molar-refractivity contribution in [2.75, 3.05) is 5.73 Å². The predicted molar refractivity (Wildman–Crippen MR) is 78.8 cm³/mol. The Balaban J connectivity index is 2.02. The van der Waals surface area contributed by atoms with Gasteiger partial charge in [0, 0.05) is 10.2 Å². The standard InChI is InChI=1S/C15H11BrN2O2/c16-13-5-12(6-14(18)7-13)15(19)20-9-11-3-1-10(8-17)2-4-11/h1-7H,9,18H2. The normalized spacial score (nSPS) is 9.80. The number of nitrogens with two attached hydrogens (primary N) is 1. The van der Waals surface area contributed by atoms with E-state index >= 15 is 0 Å². The molecule has 0 fully saturated rings. The van der Waals surface area contributed by atoms with Crippen LogP contribution in [0, 0.1) is 11.3 Å². The summed E-state index contributed by atoms with van der Waals surface area (Å²) in [7, 11) is 0. The van der Waals surface area contributed by atoms with E-state index in [0.717, 1.165) is 10.0 Å². The summed E-state index contributed by atoms with van der Waals surface area (Å²) in [5.74, 6) is -0.442. The van der Waals surface area contributed by atoms with Crippen molar-refractivity contribution in [1.29, 1.82) is 5.26 Å². The third-order valence-electron chi connectivity index (χ3n) is 2.61. The van der Waals surface area contributed by atoms with Crippen LogP contribution in [0.3, 0.4) is 0 Å². The fourth-order valence-corrected chi connectivity index (χ4v) is 2.15. The highest BCUT2D eigenvalue weighted by molar-refractivity contribution is 9.10. The quantitative estimate of drug-likeness (QED) is 0.692. The number of benzene rings is 2. The van der Waals surface area contributed by atoms with E-state index in [0.29, 0.717) is 16.8 Å². The zero-order valence-electron chi connectivity index (χ0n) is 10.5. The van der Waals surface area contributed by atoms with Crippen molar-refractivity contribution in [2.24, 2.45) is 0 Å². The first-order valence-electron chi connectivity index (χ1n) is 5.81. The minimum absolute atomic E-state index is 0.150. The van der Waals surface area contributed by atoms with Crippen molar-refractivity contribution in [3.05, 3.63) is 63.6 Å². The van der Waals surface area contributed by atoms with Crippen molar-refractivity contribution < 1.29 is 9.53 Å². The molecular weight excluding hydrogens is 320 g/mol. The maximum Gasteiger partial charge on any atom is 0.338 e. The number of carbonyl (C=O) groups is 1. The van der Waals surface area contributed by atoms with Crippen molar-refractivity contribution in [1.82, 2.24) is 0 Å². The number of halogens is 1. The van der Waals surface area contributed by atoms with Gasteiger partial charge in [-0.3, -0.25) is 0 Å². The van der Waals surface area contributed by atoms with Crippen LogP contribution in [-0.2, 0) is 11.3 Å². The summed E-state index contributed by atoms with van der Waals surface area (Å²) in [6.45, 7) is 0.150. The zero-order valence-corrected chi connectivity index (χ0v) is 12.1. The molecule has 0 saturated heterocycles. The summed E-state index contributed by atoms with van der Waals surface area (Å²) in [5, 5.41) is 8.70. The minimum atomic E-state index is -0.442. The van der Waals surface area contributed by atoms with E-state index in [1.54, 1.807) is 42.5 Å². The van der Waals surface area contributed by atoms with Crippen molar-refractivity contribution in [2.45, 2.75) is 6.61 Å². The molecule has 4 nitrogen and oxygen atoms in total. The third kappa shape index (κ3) is 3.59. The van der Waals surface area contributed by atoms with Gasteiger partial charge in [0.05, 0.1) is 17.2 Å². The number of nitrogens with zero attached hydrogens (tertiary/aromatic N) is 1. The second kappa shape index (κ2) is 6.22. The van der Waals surface area contributed by atoms with E-state index in [2.05, 4.69) is 15.9 Å². The van der Waals surface area contributed by atoms with E-state index in [9.17, 15) is 4.79 Å². The lowest BCUT2D eigenvalue weighted by molar-refractivity contribution is 0.0472. The van der Waals surface area contributed by atoms with Crippen LogP contribution in [0.4, 0.5) is 5.69 Å². The lowest BCUT2D eigenvalue weighted by atomic mass is 10.1. The van der Waals surface area contributed by atoms with E-state index in [4.69, 9.17) is 15.7 Å². The molecule has 0 radical (unpaired) electrons. The summed E-state index contributed by atoms with van der Waals surface area (Å²) < 4.78 is 5.92. The molecule has 0 aliphatic rings. The molecule has 0 aliphatic heterocycles. The second-order valence-corrected chi connectivity index (χ2v) is 5.07. The highest BCUT2D eigenvalue weighted by Gasteiger charge is 2.09. The predicted octanol–water partition coefficient (Wildman–Crippen LogP) is 3.26. The average Bonchev–Trinajstić information content (AvgIpc) is 2.44. The molecule has 5 heteroatoms. The van der Waals surface area contributed by atoms with Gasteiger partial charge in [0.1, 0.15) is 6.61 Å². The second-order valence-electron chi connectivity index (χ2n) is 4.16. The molecule has 2 aromatic rings. The topological polar surface area (TPSA) is 76.1 Å². The molecular formula is C15H11BrN2O2.